The Morgan fingerprint density at radius 2 is 2.00 bits per heavy atom. The van der Waals surface area contributed by atoms with Crippen molar-refractivity contribution in [2.75, 3.05) is 38.2 Å². The molecule has 1 aromatic heterocycles. The summed E-state index contributed by atoms with van der Waals surface area (Å²) in [4.78, 5) is 16.8. The zero-order valence-electron chi connectivity index (χ0n) is 13.9. The van der Waals surface area contributed by atoms with E-state index in [9.17, 15) is 4.79 Å². The molecule has 1 saturated heterocycles. The van der Waals surface area contributed by atoms with Crippen LogP contribution in [0, 0.1) is 0 Å². The minimum absolute atomic E-state index is 0.0310. The molecule has 2 fully saturated rings. The van der Waals surface area contributed by atoms with E-state index in [4.69, 9.17) is 4.74 Å². The third-order valence-corrected chi connectivity index (χ3v) is 4.82. The quantitative estimate of drug-likeness (QED) is 0.936. The van der Waals surface area contributed by atoms with Crippen molar-refractivity contribution in [1.82, 2.24) is 15.1 Å². The molecular formula is C18H22N4O2. The lowest BCUT2D eigenvalue weighted by molar-refractivity contribution is 0.0741. The SMILES string of the molecule is COc1cccc(N2CCN(C(=O)c3cc(C4CC4)[nH]n3)CC2)c1. The highest BCUT2D eigenvalue weighted by Gasteiger charge is 2.28. The first-order valence-corrected chi connectivity index (χ1v) is 8.48. The summed E-state index contributed by atoms with van der Waals surface area (Å²) in [5.74, 6) is 1.47. The van der Waals surface area contributed by atoms with Crippen LogP contribution in [0.4, 0.5) is 5.69 Å². The summed E-state index contributed by atoms with van der Waals surface area (Å²) in [6.07, 6.45) is 2.41. The van der Waals surface area contributed by atoms with Gasteiger partial charge in [-0.1, -0.05) is 6.07 Å². The maximum absolute atomic E-state index is 12.6. The highest BCUT2D eigenvalue weighted by Crippen LogP contribution is 2.39. The van der Waals surface area contributed by atoms with Crippen molar-refractivity contribution in [2.24, 2.45) is 0 Å². The topological polar surface area (TPSA) is 61.5 Å². The molecule has 2 aromatic rings. The molecule has 1 aliphatic carbocycles. The highest BCUT2D eigenvalue weighted by molar-refractivity contribution is 5.92. The first kappa shape index (κ1) is 15.1. The lowest BCUT2D eigenvalue weighted by Crippen LogP contribution is -2.48. The molecule has 126 valence electrons. The molecule has 1 aliphatic heterocycles. The van der Waals surface area contributed by atoms with Crippen molar-refractivity contribution >= 4 is 11.6 Å². The summed E-state index contributed by atoms with van der Waals surface area (Å²) in [5, 5.41) is 7.22. The number of aromatic amines is 1. The maximum atomic E-state index is 12.6. The Labute approximate surface area is 141 Å². The van der Waals surface area contributed by atoms with E-state index in [1.807, 2.05) is 29.2 Å². The summed E-state index contributed by atoms with van der Waals surface area (Å²) in [5.41, 5.74) is 2.79. The second kappa shape index (κ2) is 6.19. The molecule has 1 N–H and O–H groups in total. The fraction of sp³-hybridized carbons (Fsp3) is 0.444. The molecule has 24 heavy (non-hydrogen) atoms. The van der Waals surface area contributed by atoms with Crippen molar-refractivity contribution < 1.29 is 9.53 Å². The Hall–Kier alpha value is -2.50. The summed E-state index contributed by atoms with van der Waals surface area (Å²) >= 11 is 0. The van der Waals surface area contributed by atoms with Gasteiger partial charge in [-0.2, -0.15) is 5.10 Å². The zero-order chi connectivity index (χ0) is 16.5. The van der Waals surface area contributed by atoms with E-state index in [1.165, 1.54) is 12.8 Å². The van der Waals surface area contributed by atoms with Crippen molar-refractivity contribution in [3.05, 3.63) is 41.7 Å². The minimum atomic E-state index is 0.0310. The molecule has 6 nitrogen and oxygen atoms in total. The molecule has 1 saturated carbocycles. The number of nitrogens with zero attached hydrogens (tertiary/aromatic N) is 3. The molecule has 2 aliphatic rings. The second-order valence-corrected chi connectivity index (χ2v) is 6.46. The van der Waals surface area contributed by atoms with Crippen LogP contribution in [-0.4, -0.2) is 54.3 Å². The number of carbonyl (C=O) groups excluding carboxylic acids is 1. The first-order chi connectivity index (χ1) is 11.7. The van der Waals surface area contributed by atoms with Gasteiger partial charge in [-0.15, -0.1) is 0 Å². The van der Waals surface area contributed by atoms with Gasteiger partial charge in [0.05, 0.1) is 7.11 Å². The van der Waals surface area contributed by atoms with E-state index >= 15 is 0 Å². The van der Waals surface area contributed by atoms with Crippen molar-refractivity contribution in [1.29, 1.82) is 0 Å². The Morgan fingerprint density at radius 3 is 2.71 bits per heavy atom. The fourth-order valence-corrected chi connectivity index (χ4v) is 3.19. The molecule has 1 aromatic carbocycles. The second-order valence-electron chi connectivity index (χ2n) is 6.46. The van der Waals surface area contributed by atoms with Gasteiger partial charge in [-0.3, -0.25) is 9.89 Å². The van der Waals surface area contributed by atoms with Gasteiger partial charge in [0.2, 0.25) is 0 Å². The molecule has 0 spiro atoms. The van der Waals surface area contributed by atoms with Crippen LogP contribution >= 0.6 is 0 Å². The smallest absolute Gasteiger partial charge is 0.274 e. The number of carbonyl (C=O) groups is 1. The maximum Gasteiger partial charge on any atom is 0.274 e. The van der Waals surface area contributed by atoms with Gasteiger partial charge < -0.3 is 14.5 Å². The number of benzene rings is 1. The lowest BCUT2D eigenvalue weighted by atomic mass is 10.2. The van der Waals surface area contributed by atoms with Gasteiger partial charge in [0, 0.05) is 49.5 Å². The first-order valence-electron chi connectivity index (χ1n) is 8.48. The number of H-pyrrole nitrogens is 1. The average molecular weight is 326 g/mol. The number of anilines is 1. The van der Waals surface area contributed by atoms with Gasteiger partial charge in [0.1, 0.15) is 11.4 Å². The van der Waals surface area contributed by atoms with Gasteiger partial charge in [-0.25, -0.2) is 0 Å². The number of nitrogens with one attached hydrogen (secondary N) is 1. The molecule has 0 atom stereocenters. The summed E-state index contributed by atoms with van der Waals surface area (Å²) in [7, 11) is 1.68. The van der Waals surface area contributed by atoms with Crippen molar-refractivity contribution in [2.45, 2.75) is 18.8 Å². The van der Waals surface area contributed by atoms with Crippen molar-refractivity contribution in [3.8, 4) is 5.75 Å². The number of piperazine rings is 1. The Balaban J connectivity index is 1.38. The standard InChI is InChI=1S/C18H22N4O2/c1-24-15-4-2-3-14(11-15)21-7-9-22(10-8-21)18(23)17-12-16(19-20-17)13-5-6-13/h2-4,11-13H,5-10H2,1H3,(H,19,20). The fourth-order valence-electron chi connectivity index (χ4n) is 3.19. The lowest BCUT2D eigenvalue weighted by Gasteiger charge is -2.35. The van der Waals surface area contributed by atoms with Crippen LogP contribution in [0.25, 0.3) is 0 Å². The number of aromatic nitrogens is 2. The largest absolute Gasteiger partial charge is 0.497 e. The van der Waals surface area contributed by atoms with Crippen LogP contribution in [0.15, 0.2) is 30.3 Å². The summed E-state index contributed by atoms with van der Waals surface area (Å²) < 4.78 is 5.29. The third-order valence-electron chi connectivity index (χ3n) is 4.82. The number of methoxy groups -OCH3 is 1. The highest BCUT2D eigenvalue weighted by atomic mass is 16.5. The summed E-state index contributed by atoms with van der Waals surface area (Å²) in [6.45, 7) is 3.06. The third kappa shape index (κ3) is 2.96. The van der Waals surface area contributed by atoms with E-state index < -0.39 is 0 Å². The van der Waals surface area contributed by atoms with Gasteiger partial charge in [-0.05, 0) is 31.0 Å². The van der Waals surface area contributed by atoms with E-state index in [1.54, 1.807) is 7.11 Å². The van der Waals surface area contributed by atoms with Crippen LogP contribution in [0.5, 0.6) is 5.75 Å². The van der Waals surface area contributed by atoms with Crippen LogP contribution in [0.3, 0.4) is 0 Å². The molecular weight excluding hydrogens is 304 g/mol. The van der Waals surface area contributed by atoms with E-state index in [2.05, 4.69) is 21.2 Å². The number of amides is 1. The molecule has 0 radical (unpaired) electrons. The van der Waals surface area contributed by atoms with Gasteiger partial charge in [0.25, 0.3) is 5.91 Å². The zero-order valence-corrected chi connectivity index (χ0v) is 13.9. The molecule has 0 bridgehead atoms. The number of hydrogen-bond acceptors (Lipinski definition) is 4. The Bertz CT molecular complexity index is 730. The minimum Gasteiger partial charge on any atom is -0.497 e. The van der Waals surface area contributed by atoms with Crippen LogP contribution in [0.2, 0.25) is 0 Å². The van der Waals surface area contributed by atoms with E-state index in [0.717, 1.165) is 30.2 Å². The number of ether oxygens (including phenoxy) is 1. The number of hydrogen-bond donors (Lipinski definition) is 1. The monoisotopic (exact) mass is 326 g/mol. The molecule has 1 amide bonds. The molecule has 6 heteroatoms. The van der Waals surface area contributed by atoms with Gasteiger partial charge >= 0.3 is 0 Å². The molecule has 4 rings (SSSR count). The van der Waals surface area contributed by atoms with Crippen LogP contribution in [0.1, 0.15) is 34.9 Å². The Morgan fingerprint density at radius 1 is 1.21 bits per heavy atom. The van der Waals surface area contributed by atoms with Crippen molar-refractivity contribution in [3.63, 3.8) is 0 Å². The van der Waals surface area contributed by atoms with E-state index in [0.29, 0.717) is 24.7 Å². The van der Waals surface area contributed by atoms with Gasteiger partial charge in [0.15, 0.2) is 0 Å². The number of rotatable bonds is 4. The van der Waals surface area contributed by atoms with Crippen LogP contribution in [-0.2, 0) is 0 Å². The Kier molecular flexibility index (Phi) is 3.88. The average Bonchev–Trinajstić information content (AvgIpc) is 3.38. The predicted octanol–water partition coefficient (Wildman–Crippen LogP) is 2.26. The molecule has 2 heterocycles. The van der Waals surface area contributed by atoms with E-state index in [-0.39, 0.29) is 5.91 Å². The normalized spacial score (nSPS) is 17.9. The summed E-state index contributed by atoms with van der Waals surface area (Å²) in [6, 6.07) is 9.98. The van der Waals surface area contributed by atoms with Crippen LogP contribution < -0.4 is 9.64 Å². The predicted molar refractivity (Wildman–Crippen MR) is 91.7 cm³/mol. The molecule has 0 unspecified atom stereocenters.